The minimum Gasteiger partial charge on any atom is -0.478 e. The van der Waals surface area contributed by atoms with Gasteiger partial charge in [-0.3, -0.25) is 19.3 Å². The molecule has 0 aliphatic carbocycles. The molecule has 2 aromatic rings. The van der Waals surface area contributed by atoms with Gasteiger partial charge < -0.3 is 14.7 Å². The predicted molar refractivity (Wildman–Crippen MR) is 111 cm³/mol. The maximum atomic E-state index is 13.1. The number of imide groups is 1. The quantitative estimate of drug-likeness (QED) is 0.640. The molecule has 1 N–H and O–H groups in total. The summed E-state index contributed by atoms with van der Waals surface area (Å²) < 4.78 is 5.02. The van der Waals surface area contributed by atoms with Crippen molar-refractivity contribution in [2.24, 2.45) is 0 Å². The number of para-hydroxylation sites is 1. The summed E-state index contributed by atoms with van der Waals surface area (Å²) in [7, 11) is 0. The zero-order chi connectivity index (χ0) is 21.7. The van der Waals surface area contributed by atoms with Gasteiger partial charge in [-0.1, -0.05) is 30.3 Å². The van der Waals surface area contributed by atoms with Crippen LogP contribution < -0.4 is 4.90 Å². The Kier molecular flexibility index (Phi) is 6.73. The summed E-state index contributed by atoms with van der Waals surface area (Å²) in [6.07, 6.45) is 0. The Morgan fingerprint density at radius 3 is 2.53 bits per heavy atom. The maximum Gasteiger partial charge on any atom is 0.335 e. The van der Waals surface area contributed by atoms with Crippen molar-refractivity contribution in [3.8, 4) is 0 Å². The van der Waals surface area contributed by atoms with Crippen molar-refractivity contribution < 1.29 is 29.0 Å². The van der Waals surface area contributed by atoms with E-state index >= 15 is 0 Å². The molecule has 1 saturated heterocycles. The molecule has 2 amide bonds. The molecular formula is C21H20N2O6S. The van der Waals surface area contributed by atoms with Crippen LogP contribution in [0, 0.1) is 0 Å². The molecule has 2 aromatic carbocycles. The largest absolute Gasteiger partial charge is 0.478 e. The molecule has 1 aliphatic heterocycles. The zero-order valence-electron chi connectivity index (χ0n) is 16.2. The number of carboxylic acids is 1. The topological polar surface area (TPSA) is 104 Å². The highest BCUT2D eigenvalue weighted by Gasteiger charge is 2.43. The average molecular weight is 428 g/mol. The van der Waals surface area contributed by atoms with E-state index in [1.54, 1.807) is 43.3 Å². The minimum absolute atomic E-state index is 0.0513. The summed E-state index contributed by atoms with van der Waals surface area (Å²) in [5, 5.41) is 7.75. The van der Waals surface area contributed by atoms with Crippen LogP contribution in [0.25, 0.3) is 0 Å². The highest BCUT2D eigenvalue weighted by atomic mass is 32.2. The number of thioether (sulfide) groups is 1. The number of aromatic carboxylic acids is 1. The van der Waals surface area contributed by atoms with Crippen molar-refractivity contribution in [1.29, 1.82) is 0 Å². The third kappa shape index (κ3) is 4.80. The van der Waals surface area contributed by atoms with E-state index in [1.165, 1.54) is 17.0 Å². The van der Waals surface area contributed by atoms with Gasteiger partial charge in [-0.25, -0.2) is 4.79 Å². The van der Waals surface area contributed by atoms with E-state index in [1.807, 2.05) is 6.07 Å². The molecule has 9 heteroatoms. The van der Waals surface area contributed by atoms with E-state index in [4.69, 9.17) is 9.84 Å². The standard InChI is InChI=1S/C21H20N2O6S/c1-2-29-17(24)13-22(16-9-4-3-5-10-16)19-18(25)23(21(28)30-19)12-14-7-6-8-15(11-14)20(26)27/h3-11,19H,2,12-13H2,1H3,(H,26,27)/t19-/m0/s1. The summed E-state index contributed by atoms with van der Waals surface area (Å²) in [6.45, 7) is 1.66. The number of hydrogen-bond donors (Lipinski definition) is 1. The Hall–Kier alpha value is -3.33. The van der Waals surface area contributed by atoms with Gasteiger partial charge in [0.15, 0.2) is 5.37 Å². The molecule has 0 radical (unpaired) electrons. The molecule has 1 atom stereocenters. The normalized spacial score (nSPS) is 15.9. The van der Waals surface area contributed by atoms with Crippen LogP contribution in [0.3, 0.4) is 0 Å². The molecule has 30 heavy (non-hydrogen) atoms. The summed E-state index contributed by atoms with van der Waals surface area (Å²) in [5.74, 6) is -2.07. The number of carbonyl (C=O) groups excluding carboxylic acids is 3. The number of amides is 2. The van der Waals surface area contributed by atoms with Crippen LogP contribution in [-0.2, 0) is 20.9 Å². The van der Waals surface area contributed by atoms with Gasteiger partial charge in [0.2, 0.25) is 0 Å². The van der Waals surface area contributed by atoms with E-state index in [-0.39, 0.29) is 25.3 Å². The third-order valence-electron chi connectivity index (χ3n) is 4.40. The number of hydrogen-bond acceptors (Lipinski definition) is 7. The highest BCUT2D eigenvalue weighted by Crippen LogP contribution is 2.33. The van der Waals surface area contributed by atoms with E-state index in [9.17, 15) is 19.2 Å². The second kappa shape index (κ2) is 9.45. The van der Waals surface area contributed by atoms with Gasteiger partial charge in [-0.15, -0.1) is 0 Å². The Balaban J connectivity index is 1.83. The third-order valence-corrected chi connectivity index (χ3v) is 5.50. The van der Waals surface area contributed by atoms with Crippen LogP contribution in [0.5, 0.6) is 0 Å². The molecule has 0 bridgehead atoms. The van der Waals surface area contributed by atoms with Crippen molar-refractivity contribution in [3.05, 3.63) is 65.7 Å². The second-order valence-corrected chi connectivity index (χ2v) is 7.47. The molecule has 1 aliphatic rings. The molecule has 1 fully saturated rings. The smallest absolute Gasteiger partial charge is 0.335 e. The Bertz CT molecular complexity index is 965. The number of rotatable bonds is 8. The van der Waals surface area contributed by atoms with E-state index in [0.29, 0.717) is 11.3 Å². The number of esters is 1. The number of anilines is 1. The first kappa shape index (κ1) is 21.4. The number of benzene rings is 2. The Labute approximate surface area is 177 Å². The van der Waals surface area contributed by atoms with Crippen molar-refractivity contribution in [2.45, 2.75) is 18.8 Å². The number of nitrogens with zero attached hydrogens (tertiary/aromatic N) is 2. The average Bonchev–Trinajstić information content (AvgIpc) is 3.01. The number of carbonyl (C=O) groups is 4. The second-order valence-electron chi connectivity index (χ2n) is 6.43. The fourth-order valence-corrected chi connectivity index (χ4v) is 4.06. The van der Waals surface area contributed by atoms with Gasteiger partial charge in [0.25, 0.3) is 11.1 Å². The van der Waals surface area contributed by atoms with Gasteiger partial charge in [0, 0.05) is 5.69 Å². The van der Waals surface area contributed by atoms with Crippen molar-refractivity contribution in [3.63, 3.8) is 0 Å². The zero-order valence-corrected chi connectivity index (χ0v) is 17.0. The fraction of sp³-hybridized carbons (Fsp3) is 0.238. The van der Waals surface area contributed by atoms with Crippen LogP contribution >= 0.6 is 11.8 Å². The highest BCUT2D eigenvalue weighted by molar-refractivity contribution is 8.15. The monoisotopic (exact) mass is 428 g/mol. The van der Waals surface area contributed by atoms with Crippen LogP contribution in [0.2, 0.25) is 0 Å². The predicted octanol–water partition coefficient (Wildman–Crippen LogP) is 2.98. The first-order chi connectivity index (χ1) is 14.4. The number of carboxylic acid groups (broad SMARTS) is 1. The van der Waals surface area contributed by atoms with Gasteiger partial charge in [-0.2, -0.15) is 0 Å². The van der Waals surface area contributed by atoms with Gasteiger partial charge in [0.1, 0.15) is 6.54 Å². The van der Waals surface area contributed by atoms with E-state index < -0.39 is 28.5 Å². The molecule has 0 spiro atoms. The minimum atomic E-state index is -1.09. The molecule has 1 heterocycles. The molecule has 0 aromatic heterocycles. The molecule has 0 unspecified atom stereocenters. The molecule has 156 valence electrons. The van der Waals surface area contributed by atoms with Gasteiger partial charge >= 0.3 is 11.9 Å². The SMILES string of the molecule is CCOC(=O)CN(c1ccccc1)[C@H]1SC(=O)N(Cc2cccc(C(=O)O)c2)C1=O. The summed E-state index contributed by atoms with van der Waals surface area (Å²) >= 11 is 0.814. The maximum absolute atomic E-state index is 13.1. The lowest BCUT2D eigenvalue weighted by Gasteiger charge is -2.27. The lowest BCUT2D eigenvalue weighted by atomic mass is 10.1. The van der Waals surface area contributed by atoms with Crippen LogP contribution in [0.4, 0.5) is 10.5 Å². The van der Waals surface area contributed by atoms with Gasteiger partial charge in [0.05, 0.1) is 18.7 Å². The molecule has 0 saturated carbocycles. The summed E-state index contributed by atoms with van der Waals surface area (Å²) in [6, 6.07) is 14.9. The van der Waals surface area contributed by atoms with Gasteiger partial charge in [-0.05, 0) is 48.5 Å². The molecule has 3 rings (SSSR count). The Morgan fingerprint density at radius 1 is 1.13 bits per heavy atom. The Morgan fingerprint density at radius 2 is 1.87 bits per heavy atom. The summed E-state index contributed by atoms with van der Waals surface area (Å²) in [5.41, 5.74) is 1.21. The first-order valence-corrected chi connectivity index (χ1v) is 10.1. The van der Waals surface area contributed by atoms with Crippen LogP contribution in [0.1, 0.15) is 22.8 Å². The fourth-order valence-electron chi connectivity index (χ4n) is 3.03. The van der Waals surface area contributed by atoms with E-state index in [0.717, 1.165) is 16.7 Å². The molecule has 8 nitrogen and oxygen atoms in total. The van der Waals surface area contributed by atoms with Crippen LogP contribution in [0.15, 0.2) is 54.6 Å². The lowest BCUT2D eigenvalue weighted by Crippen LogP contribution is -2.44. The van der Waals surface area contributed by atoms with Crippen molar-refractivity contribution in [2.75, 3.05) is 18.1 Å². The summed E-state index contributed by atoms with van der Waals surface area (Å²) in [4.78, 5) is 51.5. The lowest BCUT2D eigenvalue weighted by molar-refractivity contribution is -0.141. The number of ether oxygens (including phenoxy) is 1. The van der Waals surface area contributed by atoms with Crippen molar-refractivity contribution in [1.82, 2.24) is 4.90 Å². The van der Waals surface area contributed by atoms with E-state index in [2.05, 4.69) is 0 Å². The first-order valence-electron chi connectivity index (χ1n) is 9.22. The van der Waals surface area contributed by atoms with Crippen molar-refractivity contribution >= 4 is 40.5 Å². The van der Waals surface area contributed by atoms with Crippen LogP contribution in [-0.4, -0.2) is 51.6 Å². The molecular weight excluding hydrogens is 408 g/mol.